The van der Waals surface area contributed by atoms with Crippen LogP contribution in [-0.4, -0.2) is 36.7 Å². The van der Waals surface area contributed by atoms with Gasteiger partial charge in [0.25, 0.3) is 5.91 Å². The summed E-state index contributed by atoms with van der Waals surface area (Å²) in [5.41, 5.74) is -0.396. The average Bonchev–Trinajstić information content (AvgIpc) is 2.46. The van der Waals surface area contributed by atoms with Crippen molar-refractivity contribution >= 4 is 11.9 Å². The molecule has 1 heterocycles. The van der Waals surface area contributed by atoms with Crippen LogP contribution in [0.25, 0.3) is 0 Å². The molecule has 1 aromatic rings. The monoisotopic (exact) mass is 293 g/mol. The van der Waals surface area contributed by atoms with Crippen LogP contribution in [0.1, 0.15) is 30.6 Å². The zero-order valence-corrected chi connectivity index (χ0v) is 12.1. The number of hydrogen-bond donors (Lipinski definition) is 2. The maximum atomic E-state index is 12.0. The molecule has 0 radical (unpaired) electrons. The molecule has 114 valence electrons. The van der Waals surface area contributed by atoms with Gasteiger partial charge < -0.3 is 19.9 Å². The van der Waals surface area contributed by atoms with Gasteiger partial charge in [-0.05, 0) is 38.5 Å². The van der Waals surface area contributed by atoms with Crippen molar-refractivity contribution in [1.29, 1.82) is 0 Å². The van der Waals surface area contributed by atoms with Gasteiger partial charge in [-0.25, -0.2) is 0 Å². The summed E-state index contributed by atoms with van der Waals surface area (Å²) in [4.78, 5) is 23.0. The fourth-order valence-electron chi connectivity index (χ4n) is 1.88. The van der Waals surface area contributed by atoms with Gasteiger partial charge in [-0.2, -0.15) is 0 Å². The maximum absolute atomic E-state index is 12.0. The summed E-state index contributed by atoms with van der Waals surface area (Å²) in [5.74, 6) is 0.0498. The topological polar surface area (TPSA) is 84.9 Å². The minimum absolute atomic E-state index is 0.256. The predicted octanol–water partition coefficient (Wildman–Crippen LogP) is 1.69. The van der Waals surface area contributed by atoms with Crippen LogP contribution in [0.5, 0.6) is 11.5 Å². The van der Waals surface area contributed by atoms with Crippen molar-refractivity contribution in [2.75, 3.05) is 19.8 Å². The molecule has 0 unspecified atom stereocenters. The highest BCUT2D eigenvalue weighted by molar-refractivity contribution is 5.94. The summed E-state index contributed by atoms with van der Waals surface area (Å²) in [7, 11) is 0. The van der Waals surface area contributed by atoms with Crippen LogP contribution in [0.3, 0.4) is 0 Å². The summed E-state index contributed by atoms with van der Waals surface area (Å²) in [6.45, 7) is 4.53. The van der Waals surface area contributed by atoms with Crippen molar-refractivity contribution in [3.8, 4) is 11.5 Å². The quantitative estimate of drug-likeness (QED) is 0.863. The van der Waals surface area contributed by atoms with Crippen LogP contribution in [0.15, 0.2) is 18.2 Å². The summed E-state index contributed by atoms with van der Waals surface area (Å²) in [5, 5.41) is 11.7. The van der Waals surface area contributed by atoms with E-state index < -0.39 is 11.4 Å². The summed E-state index contributed by atoms with van der Waals surface area (Å²) >= 11 is 0. The smallest absolute Gasteiger partial charge is 0.309 e. The van der Waals surface area contributed by atoms with E-state index in [-0.39, 0.29) is 5.91 Å². The molecule has 0 saturated carbocycles. The van der Waals surface area contributed by atoms with Crippen LogP contribution >= 0.6 is 0 Å². The maximum Gasteiger partial charge on any atom is 0.309 e. The van der Waals surface area contributed by atoms with Crippen molar-refractivity contribution in [2.45, 2.75) is 20.3 Å². The molecular formula is C15H19NO5. The number of nitrogens with one attached hydrogen (secondary N) is 1. The average molecular weight is 293 g/mol. The van der Waals surface area contributed by atoms with Gasteiger partial charge >= 0.3 is 5.97 Å². The number of hydrogen-bond acceptors (Lipinski definition) is 4. The Balaban J connectivity index is 1.93. The number of carbonyl (C=O) groups is 2. The van der Waals surface area contributed by atoms with Crippen LogP contribution in [-0.2, 0) is 4.79 Å². The van der Waals surface area contributed by atoms with Gasteiger partial charge in [-0.1, -0.05) is 0 Å². The van der Waals surface area contributed by atoms with E-state index in [4.69, 9.17) is 14.6 Å². The fraction of sp³-hybridized carbons (Fsp3) is 0.467. The van der Waals surface area contributed by atoms with Crippen molar-refractivity contribution in [1.82, 2.24) is 5.32 Å². The van der Waals surface area contributed by atoms with E-state index in [1.54, 1.807) is 32.0 Å². The summed E-state index contributed by atoms with van der Waals surface area (Å²) in [6, 6.07) is 4.99. The summed E-state index contributed by atoms with van der Waals surface area (Å²) in [6.07, 6.45) is 0.360. The molecule has 0 fully saturated rings. The lowest BCUT2D eigenvalue weighted by Gasteiger charge is -2.20. The second kappa shape index (κ2) is 6.03. The Morgan fingerprint density at radius 1 is 1.24 bits per heavy atom. The number of carbonyl (C=O) groups excluding carboxylic acids is 1. The lowest BCUT2D eigenvalue weighted by atomic mass is 9.90. The molecule has 0 bridgehead atoms. The number of fused-ring (bicyclic) bond motifs is 1. The number of amides is 1. The minimum atomic E-state index is -0.879. The van der Waals surface area contributed by atoms with Gasteiger partial charge in [0.05, 0.1) is 5.41 Å². The van der Waals surface area contributed by atoms with Crippen molar-refractivity contribution in [3.05, 3.63) is 23.8 Å². The third kappa shape index (κ3) is 3.65. The first-order valence-electron chi connectivity index (χ1n) is 6.81. The van der Waals surface area contributed by atoms with Crippen LogP contribution in [0.2, 0.25) is 0 Å². The number of carboxylic acid groups (broad SMARTS) is 1. The lowest BCUT2D eigenvalue weighted by Crippen LogP contribution is -2.32. The van der Waals surface area contributed by atoms with E-state index >= 15 is 0 Å². The largest absolute Gasteiger partial charge is 0.486 e. The highest BCUT2D eigenvalue weighted by atomic mass is 16.6. The second-order valence-corrected chi connectivity index (χ2v) is 5.55. The minimum Gasteiger partial charge on any atom is -0.486 e. The van der Waals surface area contributed by atoms with Crippen molar-refractivity contribution < 1.29 is 24.2 Å². The first-order chi connectivity index (χ1) is 9.90. The fourth-order valence-corrected chi connectivity index (χ4v) is 1.88. The number of rotatable bonds is 5. The SMILES string of the molecule is CC(C)(CCNC(=O)c1ccc2c(c1)OCCO2)C(=O)O. The molecule has 0 saturated heterocycles. The second-order valence-electron chi connectivity index (χ2n) is 5.55. The Labute approximate surface area is 123 Å². The number of carboxylic acids is 1. The van der Waals surface area contributed by atoms with Gasteiger partial charge in [0.1, 0.15) is 13.2 Å². The van der Waals surface area contributed by atoms with E-state index in [0.717, 1.165) is 0 Å². The van der Waals surface area contributed by atoms with Gasteiger partial charge in [0.15, 0.2) is 11.5 Å². The van der Waals surface area contributed by atoms with Gasteiger partial charge in [-0.3, -0.25) is 9.59 Å². The third-order valence-corrected chi connectivity index (χ3v) is 3.42. The van der Waals surface area contributed by atoms with Crippen LogP contribution in [0, 0.1) is 5.41 Å². The molecule has 21 heavy (non-hydrogen) atoms. The van der Waals surface area contributed by atoms with Crippen LogP contribution < -0.4 is 14.8 Å². The normalized spacial score (nSPS) is 13.6. The zero-order valence-electron chi connectivity index (χ0n) is 12.1. The number of benzene rings is 1. The van der Waals surface area contributed by atoms with E-state index in [0.29, 0.717) is 43.2 Å². The van der Waals surface area contributed by atoms with E-state index in [2.05, 4.69) is 5.32 Å². The standard InChI is InChI=1S/C15H19NO5/c1-15(2,14(18)19)5-6-16-13(17)10-3-4-11-12(9-10)21-8-7-20-11/h3-4,9H,5-8H2,1-2H3,(H,16,17)(H,18,19). The lowest BCUT2D eigenvalue weighted by molar-refractivity contribution is -0.147. The van der Waals surface area contributed by atoms with E-state index in [9.17, 15) is 9.59 Å². The first-order valence-corrected chi connectivity index (χ1v) is 6.81. The molecule has 0 aromatic heterocycles. The van der Waals surface area contributed by atoms with E-state index in [1.165, 1.54) is 0 Å². The molecule has 1 aliphatic rings. The molecule has 2 rings (SSSR count). The van der Waals surface area contributed by atoms with Gasteiger partial charge in [-0.15, -0.1) is 0 Å². The first kappa shape index (κ1) is 15.2. The van der Waals surface area contributed by atoms with Crippen molar-refractivity contribution in [3.63, 3.8) is 0 Å². The molecule has 6 nitrogen and oxygen atoms in total. The predicted molar refractivity (Wildman–Crippen MR) is 75.8 cm³/mol. The summed E-state index contributed by atoms with van der Waals surface area (Å²) < 4.78 is 10.8. The highest BCUT2D eigenvalue weighted by Gasteiger charge is 2.26. The van der Waals surface area contributed by atoms with Gasteiger partial charge in [0, 0.05) is 12.1 Å². The molecular weight excluding hydrogens is 274 g/mol. The van der Waals surface area contributed by atoms with Crippen molar-refractivity contribution in [2.24, 2.45) is 5.41 Å². The van der Waals surface area contributed by atoms with Gasteiger partial charge in [0.2, 0.25) is 0 Å². The molecule has 0 atom stereocenters. The third-order valence-electron chi connectivity index (χ3n) is 3.42. The number of ether oxygens (including phenoxy) is 2. The molecule has 0 aliphatic carbocycles. The Hall–Kier alpha value is -2.24. The molecule has 6 heteroatoms. The Morgan fingerprint density at radius 3 is 2.57 bits per heavy atom. The Kier molecular flexibility index (Phi) is 4.35. The molecule has 1 amide bonds. The highest BCUT2D eigenvalue weighted by Crippen LogP contribution is 2.30. The Morgan fingerprint density at radius 2 is 1.90 bits per heavy atom. The molecule has 1 aromatic carbocycles. The number of aliphatic carboxylic acids is 1. The molecule has 1 aliphatic heterocycles. The molecule has 0 spiro atoms. The molecule has 2 N–H and O–H groups in total. The van der Waals surface area contributed by atoms with E-state index in [1.807, 2.05) is 0 Å². The van der Waals surface area contributed by atoms with Crippen LogP contribution in [0.4, 0.5) is 0 Å². The Bertz CT molecular complexity index is 553. The zero-order chi connectivity index (χ0) is 15.5.